The Hall–Kier alpha value is -0.160. The molecule has 0 amide bonds. The van der Waals surface area contributed by atoms with Crippen molar-refractivity contribution in [2.45, 2.75) is 6.92 Å². The monoisotopic (exact) mass is 166 g/mol. The largest absolute Gasteiger partial charge is 0.397 e. The average Bonchev–Trinajstić information content (AvgIpc) is 1.84. The van der Waals surface area contributed by atoms with Crippen molar-refractivity contribution in [1.82, 2.24) is 0 Å². The van der Waals surface area contributed by atoms with Crippen LogP contribution >= 0.6 is 0 Å². The molecule has 0 bridgehead atoms. The molecule has 2 N–H and O–H groups in total. The maximum absolute atomic E-state index is 7.92. The van der Waals surface area contributed by atoms with Gasteiger partial charge in [0.2, 0.25) is 0 Å². The van der Waals surface area contributed by atoms with Gasteiger partial charge < -0.3 is 9.59 Å². The van der Waals surface area contributed by atoms with Gasteiger partial charge in [0.1, 0.15) is 13.2 Å². The third-order valence-corrected chi connectivity index (χ3v) is 0.853. The summed E-state index contributed by atoms with van der Waals surface area (Å²) in [6.07, 6.45) is 0. The molecule has 0 heterocycles. The van der Waals surface area contributed by atoms with Gasteiger partial charge in [-0.2, -0.15) is 0 Å². The Morgan fingerprint density at radius 2 is 1.64 bits per heavy atom. The fourth-order valence-corrected chi connectivity index (χ4v) is 0.315. The average molecular weight is 166 g/mol. The summed E-state index contributed by atoms with van der Waals surface area (Å²) in [5.74, 6) is 0. The molecule has 0 unspecified atom stereocenters. The molecule has 0 aromatic heterocycles. The summed E-state index contributed by atoms with van der Waals surface area (Å²) in [6.45, 7) is 3.17. The third kappa shape index (κ3) is 25.8. The van der Waals surface area contributed by atoms with Crippen molar-refractivity contribution in [3.8, 4) is 0 Å². The zero-order valence-electron chi connectivity index (χ0n) is 7.87. The van der Waals surface area contributed by atoms with E-state index in [0.717, 1.165) is 11.0 Å². The molecule has 0 saturated heterocycles. The van der Waals surface area contributed by atoms with Gasteiger partial charge >= 0.3 is 0 Å². The summed E-state index contributed by atoms with van der Waals surface area (Å²) in [5, 5.41) is 15.5. The molecule has 0 aliphatic carbocycles. The van der Waals surface area contributed by atoms with Gasteiger partial charge in [0.15, 0.2) is 0 Å². The van der Waals surface area contributed by atoms with E-state index in [2.05, 4.69) is 4.89 Å². The molecule has 0 rings (SSSR count). The quantitative estimate of drug-likeness (QED) is 0.357. The van der Waals surface area contributed by atoms with Gasteiger partial charge in [0.25, 0.3) is 0 Å². The zero-order chi connectivity index (χ0) is 9.33. The number of nitrogens with zero attached hydrogens (tertiary/aromatic N) is 1. The Bertz CT molecular complexity index is 70.6. The normalized spacial score (nSPS) is 10.4. The lowest BCUT2D eigenvalue weighted by Gasteiger charge is -2.22. The zero-order valence-corrected chi connectivity index (χ0v) is 7.87. The van der Waals surface area contributed by atoms with E-state index < -0.39 is 0 Å². The lowest BCUT2D eigenvalue weighted by atomic mass is 10.5. The smallest absolute Gasteiger partial charge is 0.131 e. The van der Waals surface area contributed by atoms with Crippen molar-refractivity contribution in [3.63, 3.8) is 0 Å². The van der Waals surface area contributed by atoms with Gasteiger partial charge in [-0.1, -0.05) is 0 Å². The molecule has 0 atom stereocenters. The van der Waals surface area contributed by atoms with Crippen LogP contribution in [-0.4, -0.2) is 55.7 Å². The van der Waals surface area contributed by atoms with Crippen LogP contribution in [0.2, 0.25) is 0 Å². The first-order valence-corrected chi connectivity index (χ1v) is 3.65. The van der Waals surface area contributed by atoms with Crippen molar-refractivity contribution in [3.05, 3.63) is 0 Å². The Balaban J connectivity index is 0. The standard InChI is InChI=1S/C5H13NO2.C2H6O/c1-6(2,3)4-5-8-7;1-2-3/h4-5H2,1-3H3;3H,2H2,1H3/p+1. The van der Waals surface area contributed by atoms with E-state index in [0.29, 0.717) is 6.61 Å². The molecule has 4 nitrogen and oxygen atoms in total. The fraction of sp³-hybridized carbons (Fsp3) is 1.00. The Morgan fingerprint density at radius 3 is 1.73 bits per heavy atom. The van der Waals surface area contributed by atoms with Gasteiger partial charge in [-0.05, 0) is 6.92 Å². The van der Waals surface area contributed by atoms with Crippen molar-refractivity contribution in [2.75, 3.05) is 40.9 Å². The summed E-state index contributed by atoms with van der Waals surface area (Å²) < 4.78 is 0.820. The molecule has 11 heavy (non-hydrogen) atoms. The van der Waals surface area contributed by atoms with Crippen LogP contribution in [0.5, 0.6) is 0 Å². The van der Waals surface area contributed by atoms with Crippen molar-refractivity contribution < 1.29 is 19.7 Å². The van der Waals surface area contributed by atoms with Crippen LogP contribution in [0.3, 0.4) is 0 Å². The second-order valence-electron chi connectivity index (χ2n) is 3.16. The van der Waals surface area contributed by atoms with Crippen LogP contribution in [0.4, 0.5) is 0 Å². The van der Waals surface area contributed by atoms with Crippen LogP contribution in [0.15, 0.2) is 0 Å². The number of hydrogen-bond acceptors (Lipinski definition) is 3. The highest BCUT2D eigenvalue weighted by Gasteiger charge is 2.04. The van der Waals surface area contributed by atoms with E-state index in [4.69, 9.17) is 10.4 Å². The lowest BCUT2D eigenvalue weighted by Crippen LogP contribution is -2.37. The number of quaternary nitrogens is 1. The van der Waals surface area contributed by atoms with Crippen molar-refractivity contribution in [2.24, 2.45) is 0 Å². The first-order chi connectivity index (χ1) is 4.97. The molecule has 0 aliphatic heterocycles. The van der Waals surface area contributed by atoms with Crippen LogP contribution in [0.1, 0.15) is 6.92 Å². The van der Waals surface area contributed by atoms with Gasteiger partial charge in [-0.3, -0.25) is 5.26 Å². The summed E-state index contributed by atoms with van der Waals surface area (Å²) in [6, 6.07) is 0. The van der Waals surface area contributed by atoms with Crippen molar-refractivity contribution in [1.29, 1.82) is 0 Å². The number of aliphatic hydroxyl groups is 1. The summed E-state index contributed by atoms with van der Waals surface area (Å²) in [5.41, 5.74) is 0. The second-order valence-corrected chi connectivity index (χ2v) is 3.16. The van der Waals surface area contributed by atoms with Crippen LogP contribution < -0.4 is 0 Å². The van der Waals surface area contributed by atoms with Gasteiger partial charge in [0.05, 0.1) is 21.1 Å². The van der Waals surface area contributed by atoms with Crippen LogP contribution in [0.25, 0.3) is 0 Å². The van der Waals surface area contributed by atoms with Crippen molar-refractivity contribution >= 4 is 0 Å². The van der Waals surface area contributed by atoms with E-state index in [9.17, 15) is 0 Å². The first-order valence-electron chi connectivity index (χ1n) is 3.65. The highest BCUT2D eigenvalue weighted by molar-refractivity contribution is 4.20. The predicted molar refractivity (Wildman–Crippen MR) is 44.2 cm³/mol. The highest BCUT2D eigenvalue weighted by Crippen LogP contribution is 1.86. The van der Waals surface area contributed by atoms with E-state index in [1.54, 1.807) is 6.92 Å². The van der Waals surface area contributed by atoms with E-state index >= 15 is 0 Å². The predicted octanol–water partition coefficient (Wildman–Crippen LogP) is 0.181. The fourth-order valence-electron chi connectivity index (χ4n) is 0.315. The van der Waals surface area contributed by atoms with Gasteiger partial charge in [0, 0.05) is 6.61 Å². The molecule has 0 aliphatic rings. The Kier molecular flexibility index (Phi) is 9.70. The number of rotatable bonds is 3. The molecule has 0 spiro atoms. The Morgan fingerprint density at radius 1 is 1.27 bits per heavy atom. The third-order valence-electron chi connectivity index (χ3n) is 0.853. The van der Waals surface area contributed by atoms with Crippen LogP contribution in [-0.2, 0) is 4.89 Å². The number of aliphatic hydroxyl groups excluding tert-OH is 1. The van der Waals surface area contributed by atoms with E-state index in [1.807, 2.05) is 21.1 Å². The minimum absolute atomic E-state index is 0.250. The molecule has 0 aromatic rings. The molecular weight excluding hydrogens is 146 g/mol. The van der Waals surface area contributed by atoms with Gasteiger partial charge in [-0.25, -0.2) is 4.89 Å². The van der Waals surface area contributed by atoms with E-state index in [1.165, 1.54) is 0 Å². The summed E-state index contributed by atoms with van der Waals surface area (Å²) in [7, 11) is 6.12. The highest BCUT2D eigenvalue weighted by atomic mass is 17.1. The lowest BCUT2D eigenvalue weighted by molar-refractivity contribution is -0.871. The SMILES string of the molecule is CCO.C[N+](C)(C)CCOO. The minimum atomic E-state index is 0.250. The molecule has 0 saturated carbocycles. The number of likely N-dealkylation sites (N-methyl/N-ethyl adjacent to an activating group) is 1. The summed E-state index contributed by atoms with van der Waals surface area (Å²) >= 11 is 0. The maximum Gasteiger partial charge on any atom is 0.131 e. The topological polar surface area (TPSA) is 49.7 Å². The second kappa shape index (κ2) is 7.94. The van der Waals surface area contributed by atoms with Crippen LogP contribution in [0, 0.1) is 0 Å². The molecule has 0 fully saturated rings. The molecule has 70 valence electrons. The summed E-state index contributed by atoms with van der Waals surface area (Å²) in [4.78, 5) is 3.90. The van der Waals surface area contributed by atoms with E-state index in [-0.39, 0.29) is 6.61 Å². The maximum atomic E-state index is 7.92. The van der Waals surface area contributed by atoms with Gasteiger partial charge in [-0.15, -0.1) is 0 Å². The minimum Gasteiger partial charge on any atom is -0.397 e. The molecular formula is C7H20NO3+. The molecule has 4 heteroatoms. The first kappa shape index (κ1) is 13.4. The Labute approximate surface area is 68.5 Å². The molecule has 0 aromatic carbocycles. The molecule has 0 radical (unpaired) electrons. The number of hydrogen-bond donors (Lipinski definition) is 2.